The van der Waals surface area contributed by atoms with Crippen molar-refractivity contribution in [2.24, 2.45) is 0 Å². The van der Waals surface area contributed by atoms with Crippen LogP contribution in [-0.4, -0.2) is 45.2 Å². The number of aliphatic hydroxyl groups excluding tert-OH is 1. The van der Waals surface area contributed by atoms with Gasteiger partial charge in [-0.25, -0.2) is 0 Å². The molecule has 4 heteroatoms. The summed E-state index contributed by atoms with van der Waals surface area (Å²) in [5.74, 6) is 0. The Morgan fingerprint density at radius 2 is 1.76 bits per heavy atom. The van der Waals surface area contributed by atoms with Gasteiger partial charge in [-0.3, -0.25) is 0 Å². The molecule has 0 aromatic heterocycles. The zero-order chi connectivity index (χ0) is 12.5. The van der Waals surface area contributed by atoms with Crippen LogP contribution in [-0.2, 0) is 9.47 Å². The molecule has 96 valence electrons. The fraction of sp³-hybridized carbons (Fsp3) is 0.538. The highest BCUT2D eigenvalue weighted by atomic mass is 16.5. The average Bonchev–Trinajstić information content (AvgIpc) is 2.36. The largest absolute Gasteiger partial charge is 0.389 e. The summed E-state index contributed by atoms with van der Waals surface area (Å²) in [5, 5.41) is 12.9. The Labute approximate surface area is 103 Å². The van der Waals surface area contributed by atoms with E-state index in [9.17, 15) is 5.11 Å². The smallest absolute Gasteiger partial charge is 0.0897 e. The summed E-state index contributed by atoms with van der Waals surface area (Å²) < 4.78 is 10.1. The highest BCUT2D eigenvalue weighted by Gasteiger charge is 2.12. The van der Waals surface area contributed by atoms with E-state index in [1.165, 1.54) is 0 Å². The third-order valence-electron chi connectivity index (χ3n) is 2.49. The summed E-state index contributed by atoms with van der Waals surface area (Å²) in [6.07, 6.45) is -0.497. The van der Waals surface area contributed by atoms with Gasteiger partial charge in [0.15, 0.2) is 0 Å². The lowest BCUT2D eigenvalue weighted by Gasteiger charge is -2.20. The van der Waals surface area contributed by atoms with E-state index in [1.807, 2.05) is 30.3 Å². The molecular weight excluding hydrogens is 218 g/mol. The molecule has 0 amide bonds. The minimum absolute atomic E-state index is 0.0905. The van der Waals surface area contributed by atoms with Crippen LogP contribution in [0.3, 0.4) is 0 Å². The zero-order valence-corrected chi connectivity index (χ0v) is 10.4. The fourth-order valence-electron chi connectivity index (χ4n) is 1.65. The quantitative estimate of drug-likeness (QED) is 0.710. The summed E-state index contributed by atoms with van der Waals surface area (Å²) >= 11 is 0. The van der Waals surface area contributed by atoms with Gasteiger partial charge in [0.2, 0.25) is 0 Å². The van der Waals surface area contributed by atoms with E-state index in [4.69, 9.17) is 9.47 Å². The molecular formula is C13H21NO3. The Kier molecular flexibility index (Phi) is 6.81. The van der Waals surface area contributed by atoms with Gasteiger partial charge in [0.1, 0.15) is 0 Å². The van der Waals surface area contributed by atoms with Crippen LogP contribution in [0.15, 0.2) is 30.3 Å². The number of hydrogen-bond donors (Lipinski definition) is 2. The van der Waals surface area contributed by atoms with Crippen LogP contribution in [0.2, 0.25) is 0 Å². The summed E-state index contributed by atoms with van der Waals surface area (Å²) in [7, 11) is 3.25. The van der Waals surface area contributed by atoms with Crippen molar-refractivity contribution in [3.8, 4) is 0 Å². The molecule has 0 heterocycles. The monoisotopic (exact) mass is 239 g/mol. The van der Waals surface area contributed by atoms with Gasteiger partial charge in [0.05, 0.1) is 25.4 Å². The van der Waals surface area contributed by atoms with Crippen LogP contribution in [0.4, 0.5) is 0 Å². The van der Waals surface area contributed by atoms with Gasteiger partial charge in [-0.05, 0) is 5.56 Å². The van der Waals surface area contributed by atoms with Crippen molar-refractivity contribution in [3.05, 3.63) is 35.9 Å². The van der Waals surface area contributed by atoms with Crippen LogP contribution >= 0.6 is 0 Å². The molecule has 4 nitrogen and oxygen atoms in total. The van der Waals surface area contributed by atoms with Gasteiger partial charge in [-0.15, -0.1) is 0 Å². The maximum Gasteiger partial charge on any atom is 0.0897 e. The molecule has 0 saturated heterocycles. The lowest BCUT2D eigenvalue weighted by Crippen LogP contribution is -2.34. The van der Waals surface area contributed by atoms with Crippen molar-refractivity contribution in [3.63, 3.8) is 0 Å². The van der Waals surface area contributed by atoms with Crippen molar-refractivity contribution < 1.29 is 14.6 Å². The van der Waals surface area contributed by atoms with Crippen LogP contribution in [0.25, 0.3) is 0 Å². The number of aliphatic hydroxyl groups is 1. The minimum atomic E-state index is -0.497. The van der Waals surface area contributed by atoms with Crippen LogP contribution in [0.1, 0.15) is 11.6 Å². The zero-order valence-electron chi connectivity index (χ0n) is 10.4. The molecule has 2 atom stereocenters. The fourth-order valence-corrected chi connectivity index (χ4v) is 1.65. The summed E-state index contributed by atoms with van der Waals surface area (Å²) in [6.45, 7) is 1.39. The molecule has 0 saturated carbocycles. The lowest BCUT2D eigenvalue weighted by molar-refractivity contribution is 0.0593. The summed E-state index contributed by atoms with van der Waals surface area (Å²) in [4.78, 5) is 0. The Morgan fingerprint density at radius 3 is 2.35 bits per heavy atom. The SMILES string of the molecule is COCC(O)CNC(COC)c1ccccc1. The molecule has 2 N–H and O–H groups in total. The highest BCUT2D eigenvalue weighted by molar-refractivity contribution is 5.18. The van der Waals surface area contributed by atoms with Crippen molar-refractivity contribution in [2.45, 2.75) is 12.1 Å². The molecule has 0 aliphatic carbocycles. The Morgan fingerprint density at radius 1 is 1.12 bits per heavy atom. The molecule has 17 heavy (non-hydrogen) atoms. The van der Waals surface area contributed by atoms with E-state index in [2.05, 4.69) is 5.32 Å². The maximum atomic E-state index is 9.58. The first kappa shape index (κ1) is 14.1. The number of methoxy groups -OCH3 is 2. The first-order valence-electron chi connectivity index (χ1n) is 5.72. The maximum absolute atomic E-state index is 9.58. The molecule has 1 aromatic rings. The molecule has 0 fully saturated rings. The lowest BCUT2D eigenvalue weighted by atomic mass is 10.1. The van der Waals surface area contributed by atoms with E-state index in [0.717, 1.165) is 5.56 Å². The molecule has 0 radical (unpaired) electrons. The van der Waals surface area contributed by atoms with Crippen molar-refractivity contribution in [1.29, 1.82) is 0 Å². The Bertz CT molecular complexity index is 292. The Balaban J connectivity index is 2.49. The second-order valence-corrected chi connectivity index (χ2v) is 3.94. The number of hydrogen-bond acceptors (Lipinski definition) is 4. The van der Waals surface area contributed by atoms with Gasteiger partial charge in [0.25, 0.3) is 0 Å². The standard InChI is InChI=1S/C13H21NO3/c1-16-9-12(15)8-14-13(10-17-2)11-6-4-3-5-7-11/h3-7,12-15H,8-10H2,1-2H3. The number of nitrogens with one attached hydrogen (secondary N) is 1. The molecule has 0 spiro atoms. The predicted octanol–water partition coefficient (Wildman–Crippen LogP) is 0.971. The van der Waals surface area contributed by atoms with Crippen molar-refractivity contribution in [2.75, 3.05) is 34.0 Å². The molecule has 1 rings (SSSR count). The van der Waals surface area contributed by atoms with Crippen LogP contribution in [0, 0.1) is 0 Å². The number of benzene rings is 1. The normalized spacial score (nSPS) is 14.5. The molecule has 0 aliphatic heterocycles. The van der Waals surface area contributed by atoms with Gasteiger partial charge < -0.3 is 19.9 Å². The van der Waals surface area contributed by atoms with Crippen LogP contribution < -0.4 is 5.32 Å². The molecule has 1 aromatic carbocycles. The molecule has 0 aliphatic rings. The van der Waals surface area contributed by atoms with E-state index in [-0.39, 0.29) is 6.04 Å². The second-order valence-electron chi connectivity index (χ2n) is 3.94. The van der Waals surface area contributed by atoms with Gasteiger partial charge in [-0.1, -0.05) is 30.3 Å². The summed E-state index contributed by atoms with van der Waals surface area (Å²) in [5.41, 5.74) is 1.15. The average molecular weight is 239 g/mol. The third kappa shape index (κ3) is 5.28. The first-order valence-corrected chi connectivity index (χ1v) is 5.72. The topological polar surface area (TPSA) is 50.7 Å². The highest BCUT2D eigenvalue weighted by Crippen LogP contribution is 2.12. The predicted molar refractivity (Wildman–Crippen MR) is 66.9 cm³/mol. The number of ether oxygens (including phenoxy) is 2. The van der Waals surface area contributed by atoms with Crippen LogP contribution in [0.5, 0.6) is 0 Å². The third-order valence-corrected chi connectivity index (χ3v) is 2.49. The van der Waals surface area contributed by atoms with Gasteiger partial charge >= 0.3 is 0 Å². The molecule has 0 bridgehead atoms. The molecule has 2 unspecified atom stereocenters. The number of rotatable bonds is 8. The minimum Gasteiger partial charge on any atom is -0.389 e. The van der Waals surface area contributed by atoms with E-state index >= 15 is 0 Å². The van der Waals surface area contributed by atoms with E-state index in [0.29, 0.717) is 19.8 Å². The van der Waals surface area contributed by atoms with Crippen molar-refractivity contribution >= 4 is 0 Å². The van der Waals surface area contributed by atoms with Gasteiger partial charge in [-0.2, -0.15) is 0 Å². The Hall–Kier alpha value is -0.940. The van der Waals surface area contributed by atoms with E-state index in [1.54, 1.807) is 14.2 Å². The second kappa shape index (κ2) is 8.20. The van der Waals surface area contributed by atoms with E-state index < -0.39 is 6.10 Å². The van der Waals surface area contributed by atoms with Crippen molar-refractivity contribution in [1.82, 2.24) is 5.32 Å². The first-order chi connectivity index (χ1) is 8.27. The summed E-state index contributed by atoms with van der Waals surface area (Å²) in [6, 6.07) is 10.1. The van der Waals surface area contributed by atoms with Gasteiger partial charge in [0, 0.05) is 20.8 Å².